The molecule has 1 heterocycles. The van der Waals surface area contributed by atoms with Gasteiger partial charge in [0.1, 0.15) is 0 Å². The molecule has 72 valence electrons. The first-order valence-electron chi connectivity index (χ1n) is 4.50. The largest absolute Gasteiger partial charge is 0.391 e. The van der Waals surface area contributed by atoms with E-state index in [1.165, 1.54) is 0 Å². The van der Waals surface area contributed by atoms with Crippen LogP contribution in [0.3, 0.4) is 0 Å². The van der Waals surface area contributed by atoms with Crippen molar-refractivity contribution in [1.29, 1.82) is 0 Å². The molecule has 0 spiro atoms. The van der Waals surface area contributed by atoms with Gasteiger partial charge in [-0.3, -0.25) is 0 Å². The fourth-order valence-electron chi connectivity index (χ4n) is 1.68. The molecule has 0 aromatic heterocycles. The van der Waals surface area contributed by atoms with Crippen molar-refractivity contribution >= 4 is 0 Å². The molecule has 0 aliphatic carbocycles. The fourth-order valence-corrected chi connectivity index (χ4v) is 1.68. The van der Waals surface area contributed by atoms with E-state index >= 15 is 0 Å². The quantitative estimate of drug-likeness (QED) is 0.616. The lowest BCUT2D eigenvalue weighted by atomic mass is 9.84. The van der Waals surface area contributed by atoms with E-state index in [1.54, 1.807) is 0 Å². The Labute approximate surface area is 73.4 Å². The van der Waals surface area contributed by atoms with Crippen LogP contribution in [0, 0.1) is 11.8 Å². The van der Waals surface area contributed by atoms with E-state index in [9.17, 15) is 5.11 Å². The third-order valence-electron chi connectivity index (χ3n) is 2.91. The van der Waals surface area contributed by atoms with Gasteiger partial charge in [0, 0.05) is 5.92 Å². The first-order chi connectivity index (χ1) is 5.49. The summed E-state index contributed by atoms with van der Waals surface area (Å²) in [5.41, 5.74) is 0. The molecule has 0 amide bonds. The zero-order chi connectivity index (χ0) is 9.35. The second kappa shape index (κ2) is 3.32. The van der Waals surface area contributed by atoms with E-state index in [2.05, 4.69) is 6.92 Å². The Bertz CT molecular complexity index is 160. The molecule has 0 radical (unpaired) electrons. The lowest BCUT2D eigenvalue weighted by molar-refractivity contribution is -0.301. The average molecular weight is 174 g/mol. The van der Waals surface area contributed by atoms with Crippen LogP contribution in [0.2, 0.25) is 0 Å². The van der Waals surface area contributed by atoms with Gasteiger partial charge in [-0.05, 0) is 19.3 Å². The molecule has 3 heteroatoms. The van der Waals surface area contributed by atoms with Gasteiger partial charge in [-0.2, -0.15) is 0 Å². The van der Waals surface area contributed by atoms with Gasteiger partial charge < -0.3 is 14.9 Å². The Kier molecular flexibility index (Phi) is 2.76. The highest BCUT2D eigenvalue weighted by molar-refractivity contribution is 4.83. The van der Waals surface area contributed by atoms with Crippen molar-refractivity contribution in [1.82, 2.24) is 0 Å². The highest BCUT2D eigenvalue weighted by atomic mass is 16.6. The minimum absolute atomic E-state index is 0.00806. The normalized spacial score (nSPS) is 49.2. The minimum atomic E-state index is -1.31. The minimum Gasteiger partial charge on any atom is -0.391 e. The maximum Gasteiger partial charge on any atom is 0.191 e. The Morgan fingerprint density at radius 3 is 2.50 bits per heavy atom. The maximum atomic E-state index is 9.76. The SMILES string of the molecule is C[C@@H]1C[C@H](C)[C@@H](C)O[C@@]1(O)CO. The summed E-state index contributed by atoms with van der Waals surface area (Å²) in [6.07, 6.45) is 0.927. The number of aliphatic hydroxyl groups excluding tert-OH is 1. The van der Waals surface area contributed by atoms with Crippen LogP contribution in [0.15, 0.2) is 0 Å². The Hall–Kier alpha value is -0.120. The number of hydrogen-bond donors (Lipinski definition) is 2. The molecule has 0 aromatic rings. The fraction of sp³-hybridized carbons (Fsp3) is 1.00. The van der Waals surface area contributed by atoms with E-state index in [-0.39, 0.29) is 18.6 Å². The van der Waals surface area contributed by atoms with Gasteiger partial charge in [-0.25, -0.2) is 0 Å². The van der Waals surface area contributed by atoms with Crippen LogP contribution in [0.5, 0.6) is 0 Å². The molecule has 3 nitrogen and oxygen atoms in total. The summed E-state index contributed by atoms with van der Waals surface area (Å²) in [5.74, 6) is -0.855. The van der Waals surface area contributed by atoms with Gasteiger partial charge in [0.15, 0.2) is 5.79 Å². The van der Waals surface area contributed by atoms with E-state index in [1.807, 2.05) is 13.8 Å². The molecular formula is C9H18O3. The van der Waals surface area contributed by atoms with E-state index in [4.69, 9.17) is 9.84 Å². The number of rotatable bonds is 1. The summed E-state index contributed by atoms with van der Waals surface area (Å²) in [7, 11) is 0. The average Bonchev–Trinajstić information content (AvgIpc) is 2.01. The highest BCUT2D eigenvalue weighted by Gasteiger charge is 2.42. The van der Waals surface area contributed by atoms with E-state index in [0.29, 0.717) is 5.92 Å². The highest BCUT2D eigenvalue weighted by Crippen LogP contribution is 2.34. The predicted octanol–water partition coefficient (Wildman–Crippen LogP) is 0.748. The van der Waals surface area contributed by atoms with Gasteiger partial charge in [0.25, 0.3) is 0 Å². The summed E-state index contributed by atoms with van der Waals surface area (Å²) in [6.45, 7) is 5.61. The first kappa shape index (κ1) is 9.96. The lowest BCUT2D eigenvalue weighted by Gasteiger charge is -2.42. The van der Waals surface area contributed by atoms with Gasteiger partial charge in [0.2, 0.25) is 0 Å². The topological polar surface area (TPSA) is 49.7 Å². The van der Waals surface area contributed by atoms with Crippen LogP contribution >= 0.6 is 0 Å². The van der Waals surface area contributed by atoms with Crippen LogP contribution < -0.4 is 0 Å². The van der Waals surface area contributed by atoms with Crippen molar-refractivity contribution in [3.8, 4) is 0 Å². The van der Waals surface area contributed by atoms with Crippen LogP contribution in [0.1, 0.15) is 27.2 Å². The number of ether oxygens (including phenoxy) is 1. The standard InChI is InChI=1S/C9H18O3/c1-6-4-7(2)9(11,5-10)12-8(6)3/h6-8,10-11H,4-5H2,1-3H3/t6-,7+,8+,9-/m0/s1. The van der Waals surface area contributed by atoms with Crippen molar-refractivity contribution in [3.05, 3.63) is 0 Å². The van der Waals surface area contributed by atoms with Crippen molar-refractivity contribution in [2.45, 2.75) is 39.1 Å². The molecule has 4 atom stereocenters. The molecule has 0 unspecified atom stereocenters. The third kappa shape index (κ3) is 1.63. The summed E-state index contributed by atoms with van der Waals surface area (Å²) in [5, 5.41) is 18.7. The molecule has 0 saturated carbocycles. The Morgan fingerprint density at radius 1 is 1.42 bits per heavy atom. The Balaban J connectivity index is 2.67. The third-order valence-corrected chi connectivity index (χ3v) is 2.91. The maximum absolute atomic E-state index is 9.76. The van der Waals surface area contributed by atoms with Crippen molar-refractivity contribution in [2.75, 3.05) is 6.61 Å². The predicted molar refractivity (Wildman–Crippen MR) is 45.5 cm³/mol. The molecule has 0 bridgehead atoms. The lowest BCUT2D eigenvalue weighted by Crippen LogP contribution is -2.51. The summed E-state index contributed by atoms with van der Waals surface area (Å²) >= 11 is 0. The van der Waals surface area contributed by atoms with Crippen LogP contribution in [0.4, 0.5) is 0 Å². The Morgan fingerprint density at radius 2 is 2.00 bits per heavy atom. The molecule has 12 heavy (non-hydrogen) atoms. The second-order valence-electron chi connectivity index (χ2n) is 3.94. The summed E-state index contributed by atoms with van der Waals surface area (Å²) < 4.78 is 5.35. The van der Waals surface area contributed by atoms with Gasteiger partial charge in [-0.1, -0.05) is 13.8 Å². The molecule has 1 aliphatic heterocycles. The molecule has 1 fully saturated rings. The summed E-state index contributed by atoms with van der Waals surface area (Å²) in [4.78, 5) is 0. The van der Waals surface area contributed by atoms with Crippen LogP contribution in [-0.4, -0.2) is 28.7 Å². The zero-order valence-electron chi connectivity index (χ0n) is 7.95. The molecule has 1 aliphatic rings. The molecule has 0 aromatic carbocycles. The molecule has 1 saturated heterocycles. The van der Waals surface area contributed by atoms with Gasteiger partial charge in [-0.15, -0.1) is 0 Å². The van der Waals surface area contributed by atoms with Crippen LogP contribution in [0.25, 0.3) is 0 Å². The first-order valence-corrected chi connectivity index (χ1v) is 4.50. The number of hydrogen-bond acceptors (Lipinski definition) is 3. The van der Waals surface area contributed by atoms with E-state index in [0.717, 1.165) is 6.42 Å². The van der Waals surface area contributed by atoms with E-state index < -0.39 is 5.79 Å². The monoisotopic (exact) mass is 174 g/mol. The smallest absolute Gasteiger partial charge is 0.191 e. The van der Waals surface area contributed by atoms with Crippen LogP contribution in [-0.2, 0) is 4.74 Å². The molecule has 2 N–H and O–H groups in total. The van der Waals surface area contributed by atoms with Gasteiger partial charge >= 0.3 is 0 Å². The van der Waals surface area contributed by atoms with Crippen molar-refractivity contribution in [3.63, 3.8) is 0 Å². The second-order valence-corrected chi connectivity index (χ2v) is 3.94. The van der Waals surface area contributed by atoms with Crippen molar-refractivity contribution in [2.24, 2.45) is 11.8 Å². The zero-order valence-corrected chi connectivity index (χ0v) is 7.95. The molecular weight excluding hydrogens is 156 g/mol. The van der Waals surface area contributed by atoms with Crippen molar-refractivity contribution < 1.29 is 14.9 Å². The molecule has 1 rings (SSSR count). The van der Waals surface area contributed by atoms with Gasteiger partial charge in [0.05, 0.1) is 12.7 Å². The summed E-state index contributed by atoms with van der Waals surface area (Å²) in [6, 6.07) is 0. The number of aliphatic hydroxyl groups is 2.